The van der Waals surface area contributed by atoms with E-state index in [9.17, 15) is 4.79 Å². The van der Waals surface area contributed by atoms with Gasteiger partial charge >= 0.3 is 4.87 Å². The van der Waals surface area contributed by atoms with Crippen molar-refractivity contribution in [1.29, 1.82) is 0 Å². The Labute approximate surface area is 107 Å². The van der Waals surface area contributed by atoms with Gasteiger partial charge < -0.3 is 10.3 Å². The van der Waals surface area contributed by atoms with Gasteiger partial charge in [-0.25, -0.2) is 0 Å². The number of nitrogens with zero attached hydrogens (tertiary/aromatic N) is 2. The summed E-state index contributed by atoms with van der Waals surface area (Å²) in [6, 6.07) is 0. The monoisotopic (exact) mass is 270 g/mol. The fourth-order valence-electron chi connectivity index (χ4n) is 1.32. The predicted molar refractivity (Wildman–Crippen MR) is 68.8 cm³/mol. The molecule has 0 aliphatic carbocycles. The van der Waals surface area contributed by atoms with Crippen molar-refractivity contribution in [3.8, 4) is 0 Å². The summed E-state index contributed by atoms with van der Waals surface area (Å²) < 4.78 is 0. The lowest BCUT2D eigenvalue weighted by Gasteiger charge is -2.09. The maximum Gasteiger partial charge on any atom is 0.304 e. The summed E-state index contributed by atoms with van der Waals surface area (Å²) >= 11 is 7.00. The van der Waals surface area contributed by atoms with E-state index in [2.05, 4.69) is 20.5 Å². The molecule has 0 saturated heterocycles. The summed E-state index contributed by atoms with van der Waals surface area (Å²) in [5.74, 6) is 0.680. The minimum Gasteiger partial charge on any atom is -0.363 e. The molecule has 0 bridgehead atoms. The number of anilines is 1. The second kappa shape index (κ2) is 4.85. The summed E-state index contributed by atoms with van der Waals surface area (Å²) in [5, 5.41) is 13.1. The quantitative estimate of drug-likeness (QED) is 0.896. The van der Waals surface area contributed by atoms with Crippen LogP contribution in [0.5, 0.6) is 0 Å². The average molecular weight is 271 g/mol. The SMILES string of the molecule is Cc1c(Cl)nnc(NCc2csc(=O)[nH]2)c1C. The molecule has 2 aromatic rings. The first-order valence-corrected chi connectivity index (χ1v) is 6.23. The molecule has 2 N–H and O–H groups in total. The third kappa shape index (κ3) is 2.65. The number of aromatic amines is 1. The second-order valence-corrected chi connectivity index (χ2v) is 4.82. The number of thiazole rings is 1. The minimum atomic E-state index is -0.0584. The zero-order valence-corrected chi connectivity index (χ0v) is 10.9. The first kappa shape index (κ1) is 12.1. The molecule has 0 aliphatic rings. The predicted octanol–water partition coefficient (Wildman–Crippen LogP) is 2.11. The van der Waals surface area contributed by atoms with E-state index >= 15 is 0 Å². The van der Waals surface area contributed by atoms with Crippen LogP contribution in [0, 0.1) is 13.8 Å². The zero-order valence-electron chi connectivity index (χ0n) is 9.37. The molecule has 0 atom stereocenters. The maximum absolute atomic E-state index is 11.0. The van der Waals surface area contributed by atoms with Gasteiger partial charge in [0.15, 0.2) is 11.0 Å². The van der Waals surface area contributed by atoms with Gasteiger partial charge in [-0.3, -0.25) is 4.79 Å². The summed E-state index contributed by atoms with van der Waals surface area (Å²) in [4.78, 5) is 13.6. The lowest BCUT2D eigenvalue weighted by atomic mass is 10.2. The Balaban J connectivity index is 2.14. The lowest BCUT2D eigenvalue weighted by Crippen LogP contribution is -2.07. The fourth-order valence-corrected chi connectivity index (χ4v) is 2.08. The Bertz CT molecular complexity index is 592. The van der Waals surface area contributed by atoms with Crippen LogP contribution in [-0.2, 0) is 6.54 Å². The van der Waals surface area contributed by atoms with Crippen LogP contribution in [0.3, 0.4) is 0 Å². The molecule has 2 aromatic heterocycles. The normalized spacial score (nSPS) is 10.5. The molecule has 0 radical (unpaired) electrons. The van der Waals surface area contributed by atoms with Crippen molar-refractivity contribution >= 4 is 28.8 Å². The Hall–Kier alpha value is -1.40. The van der Waals surface area contributed by atoms with Gasteiger partial charge in [-0.05, 0) is 25.0 Å². The molecule has 0 fully saturated rings. The van der Waals surface area contributed by atoms with E-state index in [1.807, 2.05) is 13.8 Å². The van der Waals surface area contributed by atoms with Gasteiger partial charge in [0.2, 0.25) is 0 Å². The molecule has 0 aliphatic heterocycles. The van der Waals surface area contributed by atoms with E-state index in [1.54, 1.807) is 5.38 Å². The Morgan fingerprint density at radius 3 is 2.82 bits per heavy atom. The highest BCUT2D eigenvalue weighted by atomic mass is 35.5. The molecule has 2 heterocycles. The molecule has 0 aromatic carbocycles. The molecular formula is C10H11ClN4OS. The minimum absolute atomic E-state index is 0.0584. The molecule has 7 heteroatoms. The third-order valence-electron chi connectivity index (χ3n) is 2.48. The van der Waals surface area contributed by atoms with Crippen LogP contribution < -0.4 is 10.2 Å². The van der Waals surface area contributed by atoms with Crippen LogP contribution in [0.25, 0.3) is 0 Å². The smallest absolute Gasteiger partial charge is 0.304 e. The summed E-state index contributed by atoms with van der Waals surface area (Å²) in [6.45, 7) is 4.33. The molecule has 0 spiro atoms. The number of halogens is 1. The summed E-state index contributed by atoms with van der Waals surface area (Å²) in [5.41, 5.74) is 2.69. The average Bonchev–Trinajstić information content (AvgIpc) is 2.71. The van der Waals surface area contributed by atoms with Crippen molar-refractivity contribution in [2.45, 2.75) is 20.4 Å². The molecule has 90 valence electrons. The molecular weight excluding hydrogens is 260 g/mol. The first-order chi connectivity index (χ1) is 8.08. The number of nitrogens with one attached hydrogen (secondary N) is 2. The van der Waals surface area contributed by atoms with Crippen LogP contribution >= 0.6 is 22.9 Å². The summed E-state index contributed by atoms with van der Waals surface area (Å²) in [7, 11) is 0. The van der Waals surface area contributed by atoms with Gasteiger partial charge in [0, 0.05) is 11.1 Å². The van der Waals surface area contributed by atoms with Crippen LogP contribution in [-0.4, -0.2) is 15.2 Å². The van der Waals surface area contributed by atoms with Gasteiger partial charge in [0.05, 0.1) is 6.54 Å². The van der Waals surface area contributed by atoms with Crippen LogP contribution in [0.4, 0.5) is 5.82 Å². The Morgan fingerprint density at radius 2 is 2.18 bits per heavy atom. The number of hydrogen-bond donors (Lipinski definition) is 2. The van der Waals surface area contributed by atoms with E-state index in [4.69, 9.17) is 11.6 Å². The van der Waals surface area contributed by atoms with Crippen LogP contribution in [0.2, 0.25) is 5.15 Å². The van der Waals surface area contributed by atoms with Gasteiger partial charge in [-0.15, -0.1) is 10.2 Å². The van der Waals surface area contributed by atoms with Crippen molar-refractivity contribution in [3.63, 3.8) is 0 Å². The van der Waals surface area contributed by atoms with Crippen LogP contribution in [0.15, 0.2) is 10.2 Å². The highest BCUT2D eigenvalue weighted by Gasteiger charge is 2.07. The first-order valence-electron chi connectivity index (χ1n) is 4.98. The largest absolute Gasteiger partial charge is 0.363 e. The molecule has 5 nitrogen and oxygen atoms in total. The highest BCUT2D eigenvalue weighted by Crippen LogP contribution is 2.20. The van der Waals surface area contributed by atoms with E-state index in [0.29, 0.717) is 17.5 Å². The van der Waals surface area contributed by atoms with Crippen molar-refractivity contribution in [3.05, 3.63) is 37.0 Å². The maximum atomic E-state index is 11.0. The number of aromatic nitrogens is 3. The van der Waals surface area contributed by atoms with Gasteiger partial charge in [-0.1, -0.05) is 22.9 Å². The molecule has 0 saturated carbocycles. The number of hydrogen-bond acceptors (Lipinski definition) is 5. The summed E-state index contributed by atoms with van der Waals surface area (Å²) in [6.07, 6.45) is 0. The van der Waals surface area contributed by atoms with E-state index in [-0.39, 0.29) is 4.87 Å². The fraction of sp³-hybridized carbons (Fsp3) is 0.300. The lowest BCUT2D eigenvalue weighted by molar-refractivity contribution is 0.958. The Kier molecular flexibility index (Phi) is 3.44. The molecule has 0 unspecified atom stereocenters. The number of rotatable bonds is 3. The van der Waals surface area contributed by atoms with Crippen molar-refractivity contribution in [2.24, 2.45) is 0 Å². The van der Waals surface area contributed by atoms with E-state index in [1.165, 1.54) is 0 Å². The molecule has 2 rings (SSSR count). The van der Waals surface area contributed by atoms with Crippen molar-refractivity contribution in [2.75, 3.05) is 5.32 Å². The standard InChI is InChI=1S/C10H11ClN4OS/c1-5-6(2)9(15-14-8(5)11)12-3-7-4-17-10(16)13-7/h4H,3H2,1-2H3,(H,12,15)(H,13,16). The van der Waals surface area contributed by atoms with E-state index < -0.39 is 0 Å². The molecule has 0 amide bonds. The van der Waals surface area contributed by atoms with Gasteiger partial charge in [-0.2, -0.15) is 0 Å². The van der Waals surface area contributed by atoms with E-state index in [0.717, 1.165) is 28.2 Å². The molecule has 17 heavy (non-hydrogen) atoms. The second-order valence-electron chi connectivity index (χ2n) is 3.62. The highest BCUT2D eigenvalue weighted by molar-refractivity contribution is 7.07. The van der Waals surface area contributed by atoms with Gasteiger partial charge in [0.1, 0.15) is 0 Å². The zero-order chi connectivity index (χ0) is 12.4. The number of H-pyrrole nitrogens is 1. The Morgan fingerprint density at radius 1 is 1.41 bits per heavy atom. The van der Waals surface area contributed by atoms with Gasteiger partial charge in [0.25, 0.3) is 0 Å². The van der Waals surface area contributed by atoms with Crippen LogP contribution in [0.1, 0.15) is 16.8 Å². The third-order valence-corrected chi connectivity index (χ3v) is 3.56. The van der Waals surface area contributed by atoms with Crippen molar-refractivity contribution in [1.82, 2.24) is 15.2 Å². The topological polar surface area (TPSA) is 70.7 Å². The van der Waals surface area contributed by atoms with Crippen molar-refractivity contribution < 1.29 is 0 Å².